The van der Waals surface area contributed by atoms with E-state index in [2.05, 4.69) is 10.6 Å². The summed E-state index contributed by atoms with van der Waals surface area (Å²) in [5, 5.41) is 5.55. The Morgan fingerprint density at radius 3 is 2.44 bits per heavy atom. The number of benzene rings is 2. The quantitative estimate of drug-likeness (QED) is 0.711. The standard InChI is InChI=1S/C19H21FN2O2S/c1-14(23)22-12-15-6-8-16(9-7-15)19(24)21-10-11-25-13-17-4-2-3-5-18(17)20/h2-9H,10-13H2,1H3,(H,21,24)(H,22,23). The van der Waals surface area contributed by atoms with Crippen molar-refractivity contribution in [2.24, 2.45) is 0 Å². The highest BCUT2D eigenvalue weighted by atomic mass is 32.2. The molecule has 0 unspecified atom stereocenters. The van der Waals surface area contributed by atoms with Crippen molar-refractivity contribution < 1.29 is 14.0 Å². The molecule has 0 bridgehead atoms. The molecule has 0 saturated heterocycles. The zero-order valence-electron chi connectivity index (χ0n) is 14.0. The number of hydrogen-bond donors (Lipinski definition) is 2. The largest absolute Gasteiger partial charge is 0.352 e. The normalized spacial score (nSPS) is 10.3. The predicted octanol–water partition coefficient (Wildman–Crippen LogP) is 3.13. The molecule has 2 aromatic rings. The van der Waals surface area contributed by atoms with Crippen molar-refractivity contribution in [1.29, 1.82) is 0 Å². The summed E-state index contributed by atoms with van der Waals surface area (Å²) < 4.78 is 13.5. The highest BCUT2D eigenvalue weighted by molar-refractivity contribution is 7.98. The fourth-order valence-electron chi connectivity index (χ4n) is 2.14. The van der Waals surface area contributed by atoms with Gasteiger partial charge in [-0.3, -0.25) is 9.59 Å². The Balaban J connectivity index is 1.69. The van der Waals surface area contributed by atoms with Gasteiger partial charge in [-0.15, -0.1) is 0 Å². The molecule has 0 aliphatic carbocycles. The minimum absolute atomic E-state index is 0.0882. The Morgan fingerprint density at radius 1 is 1.04 bits per heavy atom. The average molecular weight is 360 g/mol. The molecule has 0 fully saturated rings. The molecule has 6 heteroatoms. The molecular formula is C19H21FN2O2S. The third-order valence-electron chi connectivity index (χ3n) is 3.50. The number of carbonyl (C=O) groups excluding carboxylic acids is 2. The second kappa shape index (κ2) is 9.84. The van der Waals surface area contributed by atoms with Crippen LogP contribution in [-0.2, 0) is 17.1 Å². The Kier molecular flexibility index (Phi) is 7.47. The van der Waals surface area contributed by atoms with Gasteiger partial charge in [0.1, 0.15) is 5.82 Å². The first-order valence-corrected chi connectivity index (χ1v) is 9.14. The van der Waals surface area contributed by atoms with Gasteiger partial charge in [-0.1, -0.05) is 30.3 Å². The van der Waals surface area contributed by atoms with E-state index in [-0.39, 0.29) is 17.6 Å². The number of thioether (sulfide) groups is 1. The van der Waals surface area contributed by atoms with Gasteiger partial charge in [0.15, 0.2) is 0 Å². The zero-order chi connectivity index (χ0) is 18.1. The van der Waals surface area contributed by atoms with E-state index in [1.165, 1.54) is 13.0 Å². The third kappa shape index (κ3) is 6.58. The van der Waals surface area contributed by atoms with Gasteiger partial charge in [-0.25, -0.2) is 4.39 Å². The summed E-state index contributed by atoms with van der Waals surface area (Å²) in [5.74, 6) is 0.867. The minimum Gasteiger partial charge on any atom is -0.352 e. The van der Waals surface area contributed by atoms with Gasteiger partial charge in [0, 0.05) is 37.1 Å². The van der Waals surface area contributed by atoms with Crippen LogP contribution < -0.4 is 10.6 Å². The minimum atomic E-state index is -0.196. The van der Waals surface area contributed by atoms with Crippen LogP contribution >= 0.6 is 11.8 Å². The summed E-state index contributed by atoms with van der Waals surface area (Å²) in [7, 11) is 0. The maximum absolute atomic E-state index is 13.5. The monoisotopic (exact) mass is 360 g/mol. The summed E-state index contributed by atoms with van der Waals surface area (Å²) in [6.07, 6.45) is 0. The summed E-state index contributed by atoms with van der Waals surface area (Å²) in [5.41, 5.74) is 2.19. The van der Waals surface area contributed by atoms with E-state index in [0.717, 1.165) is 5.56 Å². The number of carbonyl (C=O) groups is 2. The van der Waals surface area contributed by atoms with Crippen LogP contribution in [0.15, 0.2) is 48.5 Å². The van der Waals surface area contributed by atoms with E-state index >= 15 is 0 Å². The molecule has 2 amide bonds. The van der Waals surface area contributed by atoms with Gasteiger partial charge in [-0.05, 0) is 29.3 Å². The van der Waals surface area contributed by atoms with Crippen molar-refractivity contribution in [3.8, 4) is 0 Å². The maximum atomic E-state index is 13.5. The number of hydrogen-bond acceptors (Lipinski definition) is 3. The Labute approximate surface area is 151 Å². The van der Waals surface area contributed by atoms with Crippen LogP contribution in [0.2, 0.25) is 0 Å². The van der Waals surface area contributed by atoms with Crippen LogP contribution in [-0.4, -0.2) is 24.1 Å². The highest BCUT2D eigenvalue weighted by Gasteiger charge is 2.05. The molecule has 2 N–H and O–H groups in total. The first-order chi connectivity index (χ1) is 12.1. The summed E-state index contributed by atoms with van der Waals surface area (Å²) in [6, 6.07) is 13.8. The summed E-state index contributed by atoms with van der Waals surface area (Å²) >= 11 is 1.57. The van der Waals surface area contributed by atoms with Gasteiger partial charge in [0.2, 0.25) is 5.91 Å². The van der Waals surface area contributed by atoms with Crippen LogP contribution in [0, 0.1) is 5.82 Å². The van der Waals surface area contributed by atoms with Crippen LogP contribution in [0.5, 0.6) is 0 Å². The lowest BCUT2D eigenvalue weighted by Crippen LogP contribution is -2.25. The number of rotatable bonds is 8. The molecular weight excluding hydrogens is 339 g/mol. The summed E-state index contributed by atoms with van der Waals surface area (Å²) in [4.78, 5) is 22.9. The number of amides is 2. The number of halogens is 1. The highest BCUT2D eigenvalue weighted by Crippen LogP contribution is 2.14. The molecule has 0 radical (unpaired) electrons. The fraction of sp³-hybridized carbons (Fsp3) is 0.263. The Hall–Kier alpha value is -2.34. The van der Waals surface area contributed by atoms with Crippen molar-refractivity contribution in [2.75, 3.05) is 12.3 Å². The third-order valence-corrected chi connectivity index (χ3v) is 4.51. The lowest BCUT2D eigenvalue weighted by Gasteiger charge is -2.07. The van der Waals surface area contributed by atoms with Crippen molar-refractivity contribution in [1.82, 2.24) is 10.6 Å². The van der Waals surface area contributed by atoms with E-state index in [1.54, 1.807) is 36.0 Å². The molecule has 0 aromatic heterocycles. The molecule has 25 heavy (non-hydrogen) atoms. The van der Waals surface area contributed by atoms with Crippen LogP contribution in [0.1, 0.15) is 28.4 Å². The first-order valence-electron chi connectivity index (χ1n) is 7.99. The molecule has 2 aromatic carbocycles. The van der Waals surface area contributed by atoms with Crippen molar-refractivity contribution in [3.05, 3.63) is 71.0 Å². The van der Waals surface area contributed by atoms with Crippen LogP contribution in [0.3, 0.4) is 0 Å². The van der Waals surface area contributed by atoms with Crippen LogP contribution in [0.4, 0.5) is 4.39 Å². The molecule has 132 valence electrons. The maximum Gasteiger partial charge on any atom is 0.251 e. The average Bonchev–Trinajstić information content (AvgIpc) is 2.61. The van der Waals surface area contributed by atoms with E-state index in [4.69, 9.17) is 0 Å². The van der Waals surface area contributed by atoms with Gasteiger partial charge in [-0.2, -0.15) is 11.8 Å². The Morgan fingerprint density at radius 2 is 1.76 bits per heavy atom. The second-order valence-electron chi connectivity index (χ2n) is 5.51. The molecule has 4 nitrogen and oxygen atoms in total. The second-order valence-corrected chi connectivity index (χ2v) is 6.61. The first kappa shape index (κ1) is 19.0. The van der Waals surface area contributed by atoms with E-state index < -0.39 is 0 Å². The van der Waals surface area contributed by atoms with Crippen molar-refractivity contribution in [2.45, 2.75) is 19.2 Å². The van der Waals surface area contributed by atoms with E-state index in [0.29, 0.717) is 35.7 Å². The van der Waals surface area contributed by atoms with Gasteiger partial charge >= 0.3 is 0 Å². The molecule has 0 aliphatic heterocycles. The molecule has 0 saturated carbocycles. The molecule has 0 atom stereocenters. The van der Waals surface area contributed by atoms with Gasteiger partial charge < -0.3 is 10.6 Å². The summed E-state index contributed by atoms with van der Waals surface area (Å²) in [6.45, 7) is 2.43. The van der Waals surface area contributed by atoms with Crippen molar-refractivity contribution >= 4 is 23.6 Å². The lowest BCUT2D eigenvalue weighted by molar-refractivity contribution is -0.119. The van der Waals surface area contributed by atoms with Crippen LogP contribution in [0.25, 0.3) is 0 Å². The fourth-order valence-corrected chi connectivity index (χ4v) is 2.98. The number of nitrogens with one attached hydrogen (secondary N) is 2. The lowest BCUT2D eigenvalue weighted by atomic mass is 10.1. The van der Waals surface area contributed by atoms with Gasteiger partial charge in [0.25, 0.3) is 5.91 Å². The molecule has 2 rings (SSSR count). The van der Waals surface area contributed by atoms with Crippen molar-refractivity contribution in [3.63, 3.8) is 0 Å². The van der Waals surface area contributed by atoms with Gasteiger partial charge in [0.05, 0.1) is 0 Å². The molecule has 0 aliphatic rings. The van der Waals surface area contributed by atoms with E-state index in [1.807, 2.05) is 18.2 Å². The predicted molar refractivity (Wildman–Crippen MR) is 98.9 cm³/mol. The zero-order valence-corrected chi connectivity index (χ0v) is 14.9. The smallest absolute Gasteiger partial charge is 0.251 e. The molecule has 0 heterocycles. The van der Waals surface area contributed by atoms with E-state index in [9.17, 15) is 14.0 Å². The molecule has 0 spiro atoms. The SMILES string of the molecule is CC(=O)NCc1ccc(C(=O)NCCSCc2ccccc2F)cc1. The topological polar surface area (TPSA) is 58.2 Å². The Bertz CT molecular complexity index is 720.